The van der Waals surface area contributed by atoms with Gasteiger partial charge in [0.15, 0.2) is 47.8 Å². The van der Waals surface area contributed by atoms with Gasteiger partial charge in [-0.3, -0.25) is 4.21 Å². The first kappa shape index (κ1) is 20.0. The van der Waals surface area contributed by atoms with E-state index in [9.17, 15) is 17.2 Å². The van der Waals surface area contributed by atoms with Crippen molar-refractivity contribution in [1.82, 2.24) is 0 Å². The van der Waals surface area contributed by atoms with Gasteiger partial charge in [0.1, 0.15) is 0 Å². The van der Waals surface area contributed by atoms with E-state index < -0.39 is 20.9 Å². The molecule has 1 spiro atoms. The fraction of sp³-hybridized carbons (Fsp3) is 0. The summed E-state index contributed by atoms with van der Waals surface area (Å²) in [6.45, 7) is 0. The number of hydrogen-bond acceptors (Lipinski definition) is 8. The molecule has 0 fully saturated rings. The van der Waals surface area contributed by atoms with Crippen LogP contribution in [0.1, 0.15) is 0 Å². The molecule has 0 saturated heterocycles. The highest BCUT2D eigenvalue weighted by Gasteiger charge is 2.51. The van der Waals surface area contributed by atoms with Crippen LogP contribution in [0.15, 0.2) is 101 Å². The fourth-order valence-electron chi connectivity index (χ4n) is 2.87. The Morgan fingerprint density at radius 3 is 1.97 bits per heavy atom. The van der Waals surface area contributed by atoms with Gasteiger partial charge < -0.3 is 4.55 Å². The summed E-state index contributed by atoms with van der Waals surface area (Å²) in [5.41, 5.74) is 0. The lowest BCUT2D eigenvalue weighted by Crippen LogP contribution is -2.05. The molecule has 11 heteroatoms. The van der Waals surface area contributed by atoms with Crippen LogP contribution < -0.4 is 0 Å². The van der Waals surface area contributed by atoms with Gasteiger partial charge in [0.25, 0.3) is 0 Å². The molecule has 3 aromatic carbocycles. The van der Waals surface area contributed by atoms with Crippen molar-refractivity contribution in [3.63, 3.8) is 0 Å². The number of fused-ring (bicyclic) bond motifs is 2. The second-order valence-electron chi connectivity index (χ2n) is 6.08. The van der Waals surface area contributed by atoms with Gasteiger partial charge in [0, 0.05) is 4.90 Å². The molecule has 0 bridgehead atoms. The maximum Gasteiger partial charge on any atom is 0.206 e. The van der Waals surface area contributed by atoms with Gasteiger partial charge in [-0.2, -0.15) is 0 Å². The molecule has 29 heavy (non-hydrogen) atoms. The molecule has 0 saturated carbocycles. The molecule has 5 rings (SSSR count). The molecule has 0 N–H and O–H groups in total. The molecule has 2 heterocycles. The minimum absolute atomic E-state index is 0.264. The van der Waals surface area contributed by atoms with Crippen LogP contribution in [0.5, 0.6) is 0 Å². The van der Waals surface area contributed by atoms with E-state index in [0.717, 1.165) is 19.6 Å². The highest BCUT2D eigenvalue weighted by atomic mass is 32.3. The highest BCUT2D eigenvalue weighted by Crippen LogP contribution is 2.71. The fourth-order valence-corrected chi connectivity index (χ4v) is 11.1. The third-order valence-corrected chi connectivity index (χ3v) is 12.6. The van der Waals surface area contributed by atoms with E-state index >= 15 is 0 Å². The van der Waals surface area contributed by atoms with Gasteiger partial charge in [-0.25, -0.2) is 8.42 Å². The topological polar surface area (TPSA) is 74.3 Å². The van der Waals surface area contributed by atoms with Crippen molar-refractivity contribution >= 4 is 68.7 Å². The average molecular weight is 498 g/mol. The van der Waals surface area contributed by atoms with Crippen LogP contribution >= 0.6 is 47.8 Å². The largest absolute Gasteiger partial charge is 0.768 e. The summed E-state index contributed by atoms with van der Waals surface area (Å²) >= 11 is 4.05. The van der Waals surface area contributed by atoms with Crippen molar-refractivity contribution in [1.29, 1.82) is 0 Å². The minimum Gasteiger partial charge on any atom is -0.768 e. The Morgan fingerprint density at radius 2 is 1.31 bits per heavy atom. The Labute approximate surface area is 188 Å². The Hall–Kier alpha value is -0.920. The molecule has 0 radical (unpaired) electrons. The SMILES string of the molecule is O=S([O-])c1ccc2c(c1)S[N+]1(S2)Sc2ccc(S(=O)(=O)c3ccccc3)cc2S1. The molecule has 0 amide bonds. The highest BCUT2D eigenvalue weighted by molar-refractivity contribution is 8.31. The summed E-state index contributed by atoms with van der Waals surface area (Å²) in [4.78, 5) is 4.62. The zero-order valence-electron chi connectivity index (χ0n) is 14.4. The van der Waals surface area contributed by atoms with Crippen LogP contribution in [-0.4, -0.2) is 19.3 Å². The van der Waals surface area contributed by atoms with E-state index in [1.54, 1.807) is 102 Å². The zero-order chi connectivity index (χ0) is 20.2. The first-order valence-electron chi connectivity index (χ1n) is 8.21. The van der Waals surface area contributed by atoms with Gasteiger partial charge >= 0.3 is 0 Å². The molecule has 0 aromatic heterocycles. The van der Waals surface area contributed by atoms with E-state index in [2.05, 4.69) is 0 Å². The summed E-state index contributed by atoms with van der Waals surface area (Å²) in [5, 5.41) is 0. The average Bonchev–Trinajstić information content (AvgIpc) is 3.25. The molecule has 5 nitrogen and oxygen atoms in total. The summed E-state index contributed by atoms with van der Waals surface area (Å²) in [6, 6.07) is 18.7. The lowest BCUT2D eigenvalue weighted by Gasteiger charge is -2.14. The van der Waals surface area contributed by atoms with Crippen molar-refractivity contribution in [2.24, 2.45) is 0 Å². The van der Waals surface area contributed by atoms with Crippen molar-refractivity contribution in [3.8, 4) is 0 Å². The molecule has 148 valence electrons. The second kappa shape index (κ2) is 7.34. The monoisotopic (exact) mass is 497 g/mol. The van der Waals surface area contributed by atoms with Crippen molar-refractivity contribution in [2.75, 3.05) is 0 Å². The normalized spacial score (nSPS) is 21.1. The number of sulfone groups is 1. The maximum atomic E-state index is 12.9. The van der Waals surface area contributed by atoms with Gasteiger partial charge in [0.05, 0.1) is 29.4 Å². The standard InChI is InChI=1S/C18H11NO4S6/c20-28(21)12-6-8-15-17(10-12)26-19(24-15)25-16-9-7-14(11-18(16)27-19)29(22,23)13-4-2-1-3-5-13/h1-11H. The van der Waals surface area contributed by atoms with Crippen LogP contribution in [0, 0.1) is 0 Å². The van der Waals surface area contributed by atoms with E-state index in [1.807, 2.05) is 12.1 Å². The van der Waals surface area contributed by atoms with Crippen LogP contribution in [0.3, 0.4) is 0 Å². The number of benzene rings is 3. The van der Waals surface area contributed by atoms with E-state index in [-0.39, 0.29) is 14.7 Å². The molecule has 0 aliphatic carbocycles. The summed E-state index contributed by atoms with van der Waals surface area (Å²) in [5.74, 6) is 0. The maximum absolute atomic E-state index is 12.9. The molecule has 2 atom stereocenters. The molecular formula is C18H11NO4S6. The van der Waals surface area contributed by atoms with Crippen LogP contribution in [0.2, 0.25) is 0 Å². The summed E-state index contributed by atoms with van der Waals surface area (Å²) < 4.78 is 48.8. The van der Waals surface area contributed by atoms with Crippen LogP contribution in [0.4, 0.5) is 0 Å². The van der Waals surface area contributed by atoms with Gasteiger partial charge in [-0.1, -0.05) is 20.3 Å². The lowest BCUT2D eigenvalue weighted by atomic mass is 10.4. The molecule has 2 aliphatic rings. The zero-order valence-corrected chi connectivity index (χ0v) is 19.3. The number of rotatable bonds is 3. The summed E-state index contributed by atoms with van der Waals surface area (Å²) in [7, 11) is -3.58. The molecule has 2 unspecified atom stereocenters. The third kappa shape index (κ3) is 3.57. The van der Waals surface area contributed by atoms with Crippen LogP contribution in [-0.2, 0) is 20.9 Å². The smallest absolute Gasteiger partial charge is 0.206 e. The lowest BCUT2D eigenvalue weighted by molar-refractivity contribution is -0.267. The van der Waals surface area contributed by atoms with E-state index in [1.165, 1.54) is 0 Å². The van der Waals surface area contributed by atoms with Crippen molar-refractivity contribution in [3.05, 3.63) is 66.7 Å². The van der Waals surface area contributed by atoms with Gasteiger partial charge in [-0.05, 0) is 59.6 Å². The number of quaternary nitrogens is 1. The van der Waals surface area contributed by atoms with Crippen LogP contribution in [0.25, 0.3) is 0 Å². The Balaban J connectivity index is 1.46. The number of hydrogen-bond donors (Lipinski definition) is 0. The quantitative estimate of drug-likeness (QED) is 0.273. The first-order valence-corrected chi connectivity index (χ1v) is 13.9. The minimum atomic E-state index is -3.58. The van der Waals surface area contributed by atoms with Gasteiger partial charge in [-0.15, -0.1) is 0 Å². The Morgan fingerprint density at radius 1 is 0.724 bits per heavy atom. The predicted octanol–water partition coefficient (Wildman–Crippen LogP) is 5.33. The predicted molar refractivity (Wildman–Crippen MR) is 116 cm³/mol. The summed E-state index contributed by atoms with van der Waals surface area (Å²) in [6.07, 6.45) is 0. The van der Waals surface area contributed by atoms with E-state index in [4.69, 9.17) is 0 Å². The molecule has 2 aliphatic heterocycles. The first-order chi connectivity index (χ1) is 13.9. The van der Waals surface area contributed by atoms with Gasteiger partial charge in [0.2, 0.25) is 9.84 Å². The number of nitrogens with zero attached hydrogens (tertiary/aromatic N) is 1. The Bertz CT molecular complexity index is 1260. The third-order valence-electron chi connectivity index (χ3n) is 4.23. The Kier molecular flexibility index (Phi) is 5.07. The molecular weight excluding hydrogens is 487 g/mol. The van der Waals surface area contributed by atoms with Crippen molar-refractivity contribution in [2.45, 2.75) is 34.3 Å². The molecule has 3 aromatic rings. The second-order valence-corrected chi connectivity index (χ2v) is 15.0. The van der Waals surface area contributed by atoms with Crippen molar-refractivity contribution < 1.29 is 19.3 Å². The van der Waals surface area contributed by atoms with E-state index in [0.29, 0.717) is 2.10 Å².